The molecule has 1 aliphatic rings. The van der Waals surface area contributed by atoms with Gasteiger partial charge in [0.1, 0.15) is 5.03 Å². The van der Waals surface area contributed by atoms with Crippen LogP contribution in [-0.4, -0.2) is 22.8 Å². The lowest BCUT2D eigenvalue weighted by Gasteiger charge is -2.19. The first kappa shape index (κ1) is 18.7. The van der Waals surface area contributed by atoms with Crippen LogP contribution in [-0.2, 0) is 23.8 Å². The minimum absolute atomic E-state index is 0.212. The number of nitrogens with zero attached hydrogens (tertiary/aromatic N) is 2. The summed E-state index contributed by atoms with van der Waals surface area (Å²) in [6.45, 7) is 1.92. The van der Waals surface area contributed by atoms with E-state index < -0.39 is 17.7 Å². The number of carbonyl (C=O) groups excluding carboxylic acids is 1. The summed E-state index contributed by atoms with van der Waals surface area (Å²) >= 11 is 0.997. The minimum atomic E-state index is -4.43. The number of alkyl halides is 3. The first-order chi connectivity index (χ1) is 12.4. The molecule has 0 N–H and O–H groups in total. The Morgan fingerprint density at radius 3 is 2.73 bits per heavy atom. The molecule has 0 saturated carbocycles. The lowest BCUT2D eigenvalue weighted by molar-refractivity contribution is -0.137. The van der Waals surface area contributed by atoms with Crippen molar-refractivity contribution in [2.45, 2.75) is 48.7 Å². The Labute approximate surface area is 153 Å². The molecule has 3 rings (SSSR count). The highest BCUT2D eigenvalue weighted by molar-refractivity contribution is 7.99. The standard InChI is InChI=1S/C18H17F3N2O2S/c1-2-25-17(24)15-13-8-3-4-9-14(13)22-23-16(15)26-12-7-5-6-11(10-12)18(19,20)21/h5-7,10H,2-4,8-9H2,1H3. The Morgan fingerprint density at radius 1 is 1.23 bits per heavy atom. The summed E-state index contributed by atoms with van der Waals surface area (Å²) in [5, 5.41) is 8.58. The van der Waals surface area contributed by atoms with E-state index >= 15 is 0 Å². The zero-order valence-electron chi connectivity index (χ0n) is 14.1. The number of aryl methyl sites for hydroxylation is 1. The fourth-order valence-electron chi connectivity index (χ4n) is 2.89. The largest absolute Gasteiger partial charge is 0.462 e. The molecule has 0 bridgehead atoms. The van der Waals surface area contributed by atoms with Crippen LogP contribution in [0.2, 0.25) is 0 Å². The van der Waals surface area contributed by atoms with Crippen LogP contribution in [0.15, 0.2) is 34.2 Å². The number of carbonyl (C=O) groups is 1. The topological polar surface area (TPSA) is 52.1 Å². The van der Waals surface area contributed by atoms with Crippen LogP contribution in [0.4, 0.5) is 13.2 Å². The zero-order valence-corrected chi connectivity index (χ0v) is 14.9. The molecule has 0 spiro atoms. The first-order valence-electron chi connectivity index (χ1n) is 8.30. The highest BCUT2D eigenvalue weighted by atomic mass is 32.2. The molecule has 1 heterocycles. The third-order valence-electron chi connectivity index (χ3n) is 4.07. The maximum Gasteiger partial charge on any atom is 0.416 e. The van der Waals surface area contributed by atoms with E-state index in [1.165, 1.54) is 6.07 Å². The van der Waals surface area contributed by atoms with Crippen molar-refractivity contribution in [2.75, 3.05) is 6.61 Å². The van der Waals surface area contributed by atoms with Gasteiger partial charge in [-0.1, -0.05) is 17.8 Å². The number of fused-ring (bicyclic) bond motifs is 1. The molecule has 0 unspecified atom stereocenters. The summed E-state index contributed by atoms with van der Waals surface area (Å²) in [6.07, 6.45) is -1.09. The fraction of sp³-hybridized carbons (Fsp3) is 0.389. The molecule has 1 aromatic heterocycles. The van der Waals surface area contributed by atoms with Crippen LogP contribution >= 0.6 is 11.8 Å². The van der Waals surface area contributed by atoms with Crippen LogP contribution in [0.1, 0.15) is 46.9 Å². The second-order valence-corrected chi connectivity index (χ2v) is 6.92. The Hall–Kier alpha value is -2.09. The fourth-order valence-corrected chi connectivity index (χ4v) is 3.83. The van der Waals surface area contributed by atoms with Gasteiger partial charge in [0, 0.05) is 4.90 Å². The molecule has 0 radical (unpaired) electrons. The molecule has 138 valence electrons. The highest BCUT2D eigenvalue weighted by Crippen LogP contribution is 2.36. The molecule has 4 nitrogen and oxygen atoms in total. The van der Waals surface area contributed by atoms with E-state index in [4.69, 9.17) is 4.74 Å². The summed E-state index contributed by atoms with van der Waals surface area (Å²) in [7, 11) is 0. The molecule has 2 aromatic rings. The second-order valence-electron chi connectivity index (χ2n) is 5.86. The van der Waals surface area contributed by atoms with Crippen molar-refractivity contribution in [1.29, 1.82) is 0 Å². The van der Waals surface area contributed by atoms with Gasteiger partial charge in [0.15, 0.2) is 0 Å². The molecule has 1 aliphatic carbocycles. The lowest BCUT2D eigenvalue weighted by atomic mass is 9.93. The molecule has 0 amide bonds. The highest BCUT2D eigenvalue weighted by Gasteiger charge is 2.31. The van der Waals surface area contributed by atoms with Crippen LogP contribution < -0.4 is 0 Å². The van der Waals surface area contributed by atoms with E-state index in [0.29, 0.717) is 16.9 Å². The average molecular weight is 382 g/mol. The predicted octanol–water partition coefficient (Wildman–Crippen LogP) is 4.70. The summed E-state index contributed by atoms with van der Waals surface area (Å²) in [5.41, 5.74) is 1.16. The van der Waals surface area contributed by atoms with Crippen LogP contribution in [0.25, 0.3) is 0 Å². The average Bonchev–Trinajstić information content (AvgIpc) is 2.61. The number of esters is 1. The van der Waals surface area contributed by atoms with Crippen molar-refractivity contribution in [1.82, 2.24) is 10.2 Å². The number of hydrogen-bond acceptors (Lipinski definition) is 5. The number of benzene rings is 1. The second kappa shape index (κ2) is 7.65. The van der Waals surface area contributed by atoms with Gasteiger partial charge < -0.3 is 4.74 Å². The van der Waals surface area contributed by atoms with Crippen molar-refractivity contribution >= 4 is 17.7 Å². The summed E-state index contributed by atoms with van der Waals surface area (Å²) in [5.74, 6) is -0.505. The molecule has 0 saturated heterocycles. The van der Waals surface area contributed by atoms with Gasteiger partial charge in [0.05, 0.1) is 23.4 Å². The number of rotatable bonds is 4. The van der Waals surface area contributed by atoms with Gasteiger partial charge in [-0.25, -0.2) is 4.79 Å². The molecule has 0 fully saturated rings. The lowest BCUT2D eigenvalue weighted by Crippen LogP contribution is -2.17. The molecule has 8 heteroatoms. The normalized spacial score (nSPS) is 14.0. The first-order valence-corrected chi connectivity index (χ1v) is 9.12. The van der Waals surface area contributed by atoms with E-state index in [-0.39, 0.29) is 11.6 Å². The van der Waals surface area contributed by atoms with Crippen LogP contribution in [0.5, 0.6) is 0 Å². The number of ether oxygens (including phenoxy) is 1. The van der Waals surface area contributed by atoms with E-state index in [0.717, 1.165) is 54.4 Å². The van der Waals surface area contributed by atoms with Gasteiger partial charge in [-0.3, -0.25) is 0 Å². The number of halogens is 3. The van der Waals surface area contributed by atoms with E-state index in [9.17, 15) is 18.0 Å². The summed E-state index contributed by atoms with van der Waals surface area (Å²) < 4.78 is 43.9. The van der Waals surface area contributed by atoms with Crippen LogP contribution in [0, 0.1) is 0 Å². The van der Waals surface area contributed by atoms with Crippen molar-refractivity contribution in [3.63, 3.8) is 0 Å². The molecule has 1 aromatic carbocycles. The SMILES string of the molecule is CCOC(=O)c1c(Sc2cccc(C(F)(F)F)c2)nnc2c1CCCC2. The number of aromatic nitrogens is 2. The quantitative estimate of drug-likeness (QED) is 0.718. The minimum Gasteiger partial charge on any atom is -0.462 e. The molecular weight excluding hydrogens is 365 g/mol. The van der Waals surface area contributed by atoms with Crippen LogP contribution in [0.3, 0.4) is 0 Å². The maximum atomic E-state index is 12.9. The van der Waals surface area contributed by atoms with Crippen molar-refractivity contribution in [2.24, 2.45) is 0 Å². The van der Waals surface area contributed by atoms with Crippen molar-refractivity contribution in [3.8, 4) is 0 Å². The van der Waals surface area contributed by atoms with E-state index in [1.807, 2.05) is 0 Å². The smallest absolute Gasteiger partial charge is 0.416 e. The Bertz CT molecular complexity index is 825. The van der Waals surface area contributed by atoms with E-state index in [1.54, 1.807) is 13.0 Å². The molecular formula is C18H17F3N2O2S. The van der Waals surface area contributed by atoms with Gasteiger partial charge >= 0.3 is 12.1 Å². The van der Waals surface area contributed by atoms with E-state index in [2.05, 4.69) is 10.2 Å². The summed E-state index contributed by atoms with van der Waals surface area (Å²) in [4.78, 5) is 12.8. The Morgan fingerprint density at radius 2 is 2.00 bits per heavy atom. The van der Waals surface area contributed by atoms with Crippen molar-refractivity contribution in [3.05, 3.63) is 46.6 Å². The molecule has 0 atom stereocenters. The maximum absolute atomic E-state index is 12.9. The predicted molar refractivity (Wildman–Crippen MR) is 90.2 cm³/mol. The van der Waals surface area contributed by atoms with Gasteiger partial charge in [-0.15, -0.1) is 5.10 Å². The van der Waals surface area contributed by atoms with Crippen molar-refractivity contribution < 1.29 is 22.7 Å². The third-order valence-corrected chi connectivity index (χ3v) is 5.04. The zero-order chi connectivity index (χ0) is 18.7. The third kappa shape index (κ3) is 4.00. The molecule has 0 aliphatic heterocycles. The van der Waals surface area contributed by atoms with Gasteiger partial charge in [-0.05, 0) is 56.4 Å². The Balaban J connectivity index is 2.01. The van der Waals surface area contributed by atoms with Gasteiger partial charge in [0.25, 0.3) is 0 Å². The monoisotopic (exact) mass is 382 g/mol. The number of hydrogen-bond donors (Lipinski definition) is 0. The van der Waals surface area contributed by atoms with Gasteiger partial charge in [0.2, 0.25) is 0 Å². The van der Waals surface area contributed by atoms with Gasteiger partial charge in [-0.2, -0.15) is 18.3 Å². The Kier molecular flexibility index (Phi) is 5.50. The summed E-state index contributed by atoms with van der Waals surface area (Å²) in [6, 6.07) is 4.94. The molecule has 26 heavy (non-hydrogen) atoms.